The average Bonchev–Trinajstić information content (AvgIpc) is 3.19. The number of nitro groups is 1. The Kier molecular flexibility index (Phi) is 5.16. The van der Waals surface area contributed by atoms with Crippen molar-refractivity contribution in [1.29, 1.82) is 0 Å². The van der Waals surface area contributed by atoms with E-state index in [9.17, 15) is 19.3 Å². The van der Waals surface area contributed by atoms with Crippen molar-refractivity contribution in [2.24, 2.45) is 0 Å². The maximum atomic E-state index is 13.6. The molecule has 0 saturated heterocycles. The number of benzene rings is 2. The summed E-state index contributed by atoms with van der Waals surface area (Å²) in [5.41, 5.74) is 1.67. The van der Waals surface area contributed by atoms with Crippen LogP contribution in [-0.2, 0) is 0 Å². The summed E-state index contributed by atoms with van der Waals surface area (Å²) in [6, 6.07) is 14.3. The molecule has 0 spiro atoms. The summed E-state index contributed by atoms with van der Waals surface area (Å²) in [6.45, 7) is 3.92. The molecule has 0 unspecified atom stereocenters. The highest BCUT2D eigenvalue weighted by Crippen LogP contribution is 2.28. The molecule has 8 nitrogen and oxygen atoms in total. The van der Waals surface area contributed by atoms with Crippen LogP contribution in [0.25, 0.3) is 22.3 Å². The van der Waals surface area contributed by atoms with Crippen molar-refractivity contribution >= 4 is 28.3 Å². The van der Waals surface area contributed by atoms with E-state index in [2.05, 4.69) is 10.4 Å². The molecule has 1 N–H and O–H groups in total. The van der Waals surface area contributed by atoms with Crippen molar-refractivity contribution in [3.8, 4) is 11.3 Å². The summed E-state index contributed by atoms with van der Waals surface area (Å²) in [5.74, 6) is -1.48. The molecule has 156 valence electrons. The number of aromatic nitrogens is 3. The van der Waals surface area contributed by atoms with Crippen LogP contribution in [0, 0.1) is 15.9 Å². The Morgan fingerprint density at radius 3 is 2.58 bits per heavy atom. The molecule has 2 aromatic heterocycles. The van der Waals surface area contributed by atoms with Crippen molar-refractivity contribution in [3.63, 3.8) is 0 Å². The van der Waals surface area contributed by atoms with Gasteiger partial charge in [-0.25, -0.2) is 9.67 Å². The maximum Gasteiger partial charge on any atom is 0.306 e. The zero-order valence-electron chi connectivity index (χ0n) is 16.7. The van der Waals surface area contributed by atoms with Gasteiger partial charge in [0, 0.05) is 23.4 Å². The Balaban J connectivity index is 1.82. The molecular formula is C22H18FN5O3. The molecule has 0 aliphatic carbocycles. The number of nitrogens with one attached hydrogen (secondary N) is 1. The highest BCUT2D eigenvalue weighted by atomic mass is 19.1. The fraction of sp³-hybridized carbons (Fsp3) is 0.136. The fourth-order valence-electron chi connectivity index (χ4n) is 3.27. The van der Waals surface area contributed by atoms with Gasteiger partial charge in [-0.2, -0.15) is 9.49 Å². The van der Waals surface area contributed by atoms with Crippen LogP contribution < -0.4 is 5.32 Å². The molecule has 4 rings (SSSR count). The van der Waals surface area contributed by atoms with Gasteiger partial charge in [0.15, 0.2) is 5.65 Å². The quantitative estimate of drug-likeness (QED) is 0.363. The van der Waals surface area contributed by atoms with Gasteiger partial charge in [-0.3, -0.25) is 14.9 Å². The van der Waals surface area contributed by atoms with E-state index >= 15 is 0 Å². The van der Waals surface area contributed by atoms with Gasteiger partial charge in [0.25, 0.3) is 5.91 Å². The third kappa shape index (κ3) is 3.85. The minimum atomic E-state index is -0.973. The lowest BCUT2D eigenvalue weighted by molar-refractivity contribution is -0.387. The molecule has 0 bridgehead atoms. The SMILES string of the molecule is CC(C)n1ncc2c(C(=O)Nc3ccc(F)c([N+](=O)[O-])c3)cc(-c3ccccc3)nc21. The molecule has 0 aliphatic heterocycles. The van der Waals surface area contributed by atoms with Gasteiger partial charge in [0.2, 0.25) is 5.82 Å². The monoisotopic (exact) mass is 419 g/mol. The number of nitro benzene ring substituents is 1. The van der Waals surface area contributed by atoms with Crippen LogP contribution >= 0.6 is 0 Å². The van der Waals surface area contributed by atoms with Gasteiger partial charge in [-0.15, -0.1) is 0 Å². The van der Waals surface area contributed by atoms with Crippen molar-refractivity contribution in [2.75, 3.05) is 5.32 Å². The molecule has 31 heavy (non-hydrogen) atoms. The zero-order chi connectivity index (χ0) is 22.1. The van der Waals surface area contributed by atoms with E-state index in [0.717, 1.165) is 17.7 Å². The van der Waals surface area contributed by atoms with E-state index in [1.807, 2.05) is 44.2 Å². The van der Waals surface area contributed by atoms with Crippen LogP contribution in [0.1, 0.15) is 30.2 Å². The summed E-state index contributed by atoms with van der Waals surface area (Å²) in [4.78, 5) is 28.0. The molecule has 2 heterocycles. The summed E-state index contributed by atoms with van der Waals surface area (Å²) in [6.07, 6.45) is 1.57. The second kappa shape index (κ2) is 7.94. The van der Waals surface area contributed by atoms with E-state index in [1.165, 1.54) is 6.07 Å². The Morgan fingerprint density at radius 2 is 1.90 bits per heavy atom. The highest BCUT2D eigenvalue weighted by molar-refractivity contribution is 6.12. The van der Waals surface area contributed by atoms with Crippen LogP contribution in [0.15, 0.2) is 60.8 Å². The smallest absolute Gasteiger partial charge is 0.306 e. The number of amides is 1. The molecule has 0 radical (unpaired) electrons. The first-order valence-corrected chi connectivity index (χ1v) is 9.54. The normalized spacial score (nSPS) is 11.1. The summed E-state index contributed by atoms with van der Waals surface area (Å²) in [5, 5.41) is 18.5. The Hall–Kier alpha value is -4.14. The van der Waals surface area contributed by atoms with E-state index in [-0.39, 0.29) is 11.7 Å². The van der Waals surface area contributed by atoms with Crippen LogP contribution in [0.3, 0.4) is 0 Å². The largest absolute Gasteiger partial charge is 0.322 e. The number of carbonyl (C=O) groups excluding carboxylic acids is 1. The van der Waals surface area contributed by atoms with Gasteiger partial charge in [0.1, 0.15) is 0 Å². The lowest BCUT2D eigenvalue weighted by Crippen LogP contribution is -2.14. The topological polar surface area (TPSA) is 103 Å². The first kappa shape index (κ1) is 20.1. The number of hydrogen-bond acceptors (Lipinski definition) is 5. The Labute approximate surface area is 176 Å². The van der Waals surface area contributed by atoms with Crippen LogP contribution in [0.4, 0.5) is 15.8 Å². The molecule has 1 amide bonds. The number of nitrogens with zero attached hydrogens (tertiary/aromatic N) is 4. The number of carbonyl (C=O) groups is 1. The molecule has 0 aliphatic rings. The van der Waals surface area contributed by atoms with Crippen LogP contribution in [-0.4, -0.2) is 25.6 Å². The van der Waals surface area contributed by atoms with E-state index in [0.29, 0.717) is 22.3 Å². The molecule has 0 saturated carbocycles. The van der Waals surface area contributed by atoms with Gasteiger partial charge < -0.3 is 5.32 Å². The molecule has 0 fully saturated rings. The third-order valence-corrected chi connectivity index (χ3v) is 4.77. The number of fused-ring (bicyclic) bond motifs is 1. The van der Waals surface area contributed by atoms with Gasteiger partial charge in [-0.05, 0) is 32.0 Å². The first-order valence-electron chi connectivity index (χ1n) is 9.54. The number of anilines is 1. The lowest BCUT2D eigenvalue weighted by atomic mass is 10.1. The standard InChI is InChI=1S/C22H18FN5O3/c1-13(2)27-21-17(12-24-27)16(11-19(26-21)14-6-4-3-5-7-14)22(29)25-15-8-9-18(23)20(10-15)28(30)31/h3-13H,1-2H3,(H,25,29). The number of rotatable bonds is 5. The number of halogens is 1. The second-order valence-corrected chi connectivity index (χ2v) is 7.22. The Bertz CT molecular complexity index is 1300. The van der Waals surface area contributed by atoms with E-state index < -0.39 is 22.3 Å². The lowest BCUT2D eigenvalue weighted by Gasteiger charge is -2.11. The van der Waals surface area contributed by atoms with Crippen LogP contribution in [0.5, 0.6) is 0 Å². The van der Waals surface area contributed by atoms with Crippen molar-refractivity contribution in [1.82, 2.24) is 14.8 Å². The minimum absolute atomic E-state index is 0.0201. The van der Waals surface area contributed by atoms with Crippen molar-refractivity contribution in [2.45, 2.75) is 19.9 Å². The van der Waals surface area contributed by atoms with Gasteiger partial charge >= 0.3 is 5.69 Å². The van der Waals surface area contributed by atoms with E-state index in [4.69, 9.17) is 4.98 Å². The number of hydrogen-bond donors (Lipinski definition) is 1. The second-order valence-electron chi connectivity index (χ2n) is 7.22. The van der Waals surface area contributed by atoms with Crippen molar-refractivity contribution < 1.29 is 14.1 Å². The summed E-state index contributed by atoms with van der Waals surface area (Å²) in [7, 11) is 0. The van der Waals surface area contributed by atoms with Crippen molar-refractivity contribution in [3.05, 3.63) is 82.3 Å². The fourth-order valence-corrected chi connectivity index (χ4v) is 3.27. The highest BCUT2D eigenvalue weighted by Gasteiger charge is 2.20. The summed E-state index contributed by atoms with van der Waals surface area (Å²) < 4.78 is 15.4. The molecule has 0 atom stereocenters. The Morgan fingerprint density at radius 1 is 1.16 bits per heavy atom. The van der Waals surface area contributed by atoms with Crippen LogP contribution in [0.2, 0.25) is 0 Å². The third-order valence-electron chi connectivity index (χ3n) is 4.77. The number of pyridine rings is 1. The van der Waals surface area contributed by atoms with E-state index in [1.54, 1.807) is 16.9 Å². The predicted molar refractivity (Wildman–Crippen MR) is 114 cm³/mol. The summed E-state index contributed by atoms with van der Waals surface area (Å²) >= 11 is 0. The minimum Gasteiger partial charge on any atom is -0.322 e. The molecule has 2 aromatic carbocycles. The van der Waals surface area contributed by atoms with Gasteiger partial charge in [-0.1, -0.05) is 30.3 Å². The molecule has 4 aromatic rings. The molecular weight excluding hydrogens is 401 g/mol. The maximum absolute atomic E-state index is 13.6. The zero-order valence-corrected chi connectivity index (χ0v) is 16.7. The average molecular weight is 419 g/mol. The first-order chi connectivity index (χ1) is 14.8. The predicted octanol–water partition coefficient (Wildman–Crippen LogP) is 4.98. The molecule has 9 heteroatoms. The van der Waals surface area contributed by atoms with Gasteiger partial charge in [0.05, 0.1) is 27.8 Å².